The fraction of sp³-hybridized carbons (Fsp3) is 0.250. The van der Waals surface area contributed by atoms with E-state index < -0.39 is 0 Å². The standard InChI is InChI=1S/C16H18N2S/c1-19-13-7-8-15-14(11-13)16(18-10-9-17-15)12-5-3-2-4-6-12/h2-8,11,16-18H,9-10H2,1H3. The van der Waals surface area contributed by atoms with Crippen LogP contribution in [0.15, 0.2) is 53.4 Å². The lowest BCUT2D eigenvalue weighted by Gasteiger charge is -2.19. The summed E-state index contributed by atoms with van der Waals surface area (Å²) in [4.78, 5) is 1.31. The molecule has 98 valence electrons. The summed E-state index contributed by atoms with van der Waals surface area (Å²) in [7, 11) is 0. The van der Waals surface area contributed by atoms with Crippen LogP contribution in [0.1, 0.15) is 17.2 Å². The lowest BCUT2D eigenvalue weighted by atomic mass is 9.97. The molecule has 0 saturated carbocycles. The zero-order valence-corrected chi connectivity index (χ0v) is 11.8. The highest BCUT2D eigenvalue weighted by Gasteiger charge is 2.19. The van der Waals surface area contributed by atoms with Gasteiger partial charge in [-0.1, -0.05) is 30.3 Å². The third-order valence-corrected chi connectivity index (χ3v) is 4.22. The molecule has 0 bridgehead atoms. The summed E-state index contributed by atoms with van der Waals surface area (Å²) in [6.07, 6.45) is 2.12. The van der Waals surface area contributed by atoms with Crippen molar-refractivity contribution in [2.24, 2.45) is 0 Å². The highest BCUT2D eigenvalue weighted by Crippen LogP contribution is 2.32. The Labute approximate surface area is 118 Å². The van der Waals surface area contributed by atoms with E-state index in [0.29, 0.717) is 0 Å². The molecule has 1 aliphatic heterocycles. The van der Waals surface area contributed by atoms with Crippen molar-refractivity contribution >= 4 is 17.4 Å². The van der Waals surface area contributed by atoms with Gasteiger partial charge in [-0.05, 0) is 35.6 Å². The first kappa shape index (κ1) is 12.6. The van der Waals surface area contributed by atoms with E-state index in [-0.39, 0.29) is 6.04 Å². The van der Waals surface area contributed by atoms with Crippen LogP contribution in [0.3, 0.4) is 0 Å². The molecule has 1 aliphatic rings. The molecule has 0 amide bonds. The summed E-state index contributed by atoms with van der Waals surface area (Å²) in [5.41, 5.74) is 3.91. The van der Waals surface area contributed by atoms with E-state index in [1.165, 1.54) is 21.7 Å². The second-order valence-electron chi connectivity index (χ2n) is 4.68. The van der Waals surface area contributed by atoms with E-state index in [1.807, 2.05) is 0 Å². The highest BCUT2D eigenvalue weighted by atomic mass is 32.2. The third kappa shape index (κ3) is 2.62. The van der Waals surface area contributed by atoms with Crippen molar-refractivity contribution in [3.05, 3.63) is 59.7 Å². The lowest BCUT2D eigenvalue weighted by Crippen LogP contribution is -2.23. The summed E-state index contributed by atoms with van der Waals surface area (Å²) >= 11 is 1.79. The van der Waals surface area contributed by atoms with E-state index in [2.05, 4.69) is 65.4 Å². The van der Waals surface area contributed by atoms with Crippen LogP contribution >= 0.6 is 11.8 Å². The molecule has 0 fully saturated rings. The van der Waals surface area contributed by atoms with Crippen LogP contribution in [0.2, 0.25) is 0 Å². The molecular weight excluding hydrogens is 252 g/mol. The first-order chi connectivity index (χ1) is 9.38. The van der Waals surface area contributed by atoms with Crippen LogP contribution in [0, 0.1) is 0 Å². The van der Waals surface area contributed by atoms with Crippen molar-refractivity contribution in [2.75, 3.05) is 24.7 Å². The van der Waals surface area contributed by atoms with Gasteiger partial charge in [-0.3, -0.25) is 0 Å². The van der Waals surface area contributed by atoms with Gasteiger partial charge >= 0.3 is 0 Å². The molecule has 0 aromatic heterocycles. The number of thioether (sulfide) groups is 1. The Hall–Kier alpha value is -1.45. The summed E-state index contributed by atoms with van der Waals surface area (Å²) in [6.45, 7) is 1.94. The zero-order valence-electron chi connectivity index (χ0n) is 11.0. The van der Waals surface area contributed by atoms with E-state index >= 15 is 0 Å². The molecule has 3 rings (SSSR count). The first-order valence-electron chi connectivity index (χ1n) is 6.58. The SMILES string of the molecule is CSc1ccc2c(c1)C(c1ccccc1)NCCN2. The van der Waals surface area contributed by atoms with Crippen LogP contribution in [0.4, 0.5) is 5.69 Å². The number of fused-ring (bicyclic) bond motifs is 1. The molecule has 19 heavy (non-hydrogen) atoms. The van der Waals surface area contributed by atoms with E-state index in [0.717, 1.165) is 13.1 Å². The van der Waals surface area contributed by atoms with Crippen LogP contribution < -0.4 is 10.6 Å². The summed E-state index contributed by atoms with van der Waals surface area (Å²) in [5, 5.41) is 7.14. The predicted octanol–water partition coefficient (Wildman–Crippen LogP) is 3.51. The fourth-order valence-corrected chi connectivity index (χ4v) is 2.98. The van der Waals surface area contributed by atoms with Gasteiger partial charge in [0.25, 0.3) is 0 Å². The van der Waals surface area contributed by atoms with Gasteiger partial charge in [-0.2, -0.15) is 0 Å². The largest absolute Gasteiger partial charge is 0.383 e. The molecule has 0 spiro atoms. The second-order valence-corrected chi connectivity index (χ2v) is 5.56. The molecular formula is C16H18N2S. The predicted molar refractivity (Wildman–Crippen MR) is 83.0 cm³/mol. The summed E-state index contributed by atoms with van der Waals surface area (Å²) in [6, 6.07) is 17.6. The van der Waals surface area contributed by atoms with Crippen molar-refractivity contribution in [2.45, 2.75) is 10.9 Å². The van der Waals surface area contributed by atoms with Crippen LogP contribution in [0.25, 0.3) is 0 Å². The second kappa shape index (κ2) is 5.68. The van der Waals surface area contributed by atoms with E-state index in [9.17, 15) is 0 Å². The zero-order chi connectivity index (χ0) is 13.1. The quantitative estimate of drug-likeness (QED) is 0.817. The van der Waals surface area contributed by atoms with Crippen molar-refractivity contribution in [3.63, 3.8) is 0 Å². The number of hydrogen-bond acceptors (Lipinski definition) is 3. The molecule has 3 heteroatoms. The van der Waals surface area contributed by atoms with Crippen LogP contribution in [0.5, 0.6) is 0 Å². The Bertz CT molecular complexity index is 554. The number of benzene rings is 2. The monoisotopic (exact) mass is 270 g/mol. The number of anilines is 1. The smallest absolute Gasteiger partial charge is 0.0598 e. The molecule has 0 aliphatic carbocycles. The fourth-order valence-electron chi connectivity index (χ4n) is 2.53. The minimum Gasteiger partial charge on any atom is -0.383 e. The van der Waals surface area contributed by atoms with Gasteiger partial charge in [0, 0.05) is 23.7 Å². The molecule has 1 unspecified atom stereocenters. The van der Waals surface area contributed by atoms with Crippen molar-refractivity contribution in [1.29, 1.82) is 0 Å². The van der Waals surface area contributed by atoms with Gasteiger partial charge in [-0.25, -0.2) is 0 Å². The number of rotatable bonds is 2. The molecule has 2 N–H and O–H groups in total. The van der Waals surface area contributed by atoms with Gasteiger partial charge in [0.1, 0.15) is 0 Å². The van der Waals surface area contributed by atoms with E-state index in [4.69, 9.17) is 0 Å². The number of nitrogens with one attached hydrogen (secondary N) is 2. The van der Waals surface area contributed by atoms with Gasteiger partial charge in [0.15, 0.2) is 0 Å². The first-order valence-corrected chi connectivity index (χ1v) is 7.81. The molecule has 1 atom stereocenters. The maximum Gasteiger partial charge on any atom is 0.0598 e. The normalized spacial score (nSPS) is 18.3. The Kier molecular flexibility index (Phi) is 3.76. The molecule has 2 aromatic rings. The van der Waals surface area contributed by atoms with Gasteiger partial charge < -0.3 is 10.6 Å². The van der Waals surface area contributed by atoms with Gasteiger partial charge in [-0.15, -0.1) is 11.8 Å². The van der Waals surface area contributed by atoms with Crippen molar-refractivity contribution < 1.29 is 0 Å². The maximum absolute atomic E-state index is 3.63. The lowest BCUT2D eigenvalue weighted by molar-refractivity contribution is 0.633. The third-order valence-electron chi connectivity index (χ3n) is 3.49. The Morgan fingerprint density at radius 1 is 1.05 bits per heavy atom. The average Bonchev–Trinajstić information content (AvgIpc) is 2.69. The average molecular weight is 270 g/mol. The van der Waals surface area contributed by atoms with Gasteiger partial charge in [0.05, 0.1) is 6.04 Å². The van der Waals surface area contributed by atoms with Gasteiger partial charge in [0.2, 0.25) is 0 Å². The summed E-state index contributed by atoms with van der Waals surface area (Å²) in [5.74, 6) is 0. The van der Waals surface area contributed by atoms with Crippen molar-refractivity contribution in [3.8, 4) is 0 Å². The van der Waals surface area contributed by atoms with Crippen LogP contribution in [-0.4, -0.2) is 19.3 Å². The maximum atomic E-state index is 3.63. The number of hydrogen-bond donors (Lipinski definition) is 2. The molecule has 0 radical (unpaired) electrons. The molecule has 2 aromatic carbocycles. The molecule has 1 heterocycles. The Morgan fingerprint density at radius 2 is 1.89 bits per heavy atom. The Morgan fingerprint density at radius 3 is 2.68 bits per heavy atom. The van der Waals surface area contributed by atoms with E-state index in [1.54, 1.807) is 11.8 Å². The summed E-state index contributed by atoms with van der Waals surface area (Å²) < 4.78 is 0. The Balaban J connectivity index is 2.07. The topological polar surface area (TPSA) is 24.1 Å². The van der Waals surface area contributed by atoms with Crippen molar-refractivity contribution in [1.82, 2.24) is 5.32 Å². The highest BCUT2D eigenvalue weighted by molar-refractivity contribution is 7.98. The molecule has 2 nitrogen and oxygen atoms in total. The molecule has 0 saturated heterocycles. The minimum absolute atomic E-state index is 0.276. The van der Waals surface area contributed by atoms with Crippen LogP contribution in [-0.2, 0) is 0 Å². The minimum atomic E-state index is 0.276.